The maximum atomic E-state index is 3.70. The average Bonchev–Trinajstić information content (AvgIpc) is 3.09. The number of halogens is 4. The Balaban J connectivity index is 1.81. The van der Waals surface area contributed by atoms with E-state index in [2.05, 4.69) is 221 Å². The van der Waals surface area contributed by atoms with Crippen molar-refractivity contribution in [3.63, 3.8) is 0 Å². The summed E-state index contributed by atoms with van der Waals surface area (Å²) in [5.41, 5.74) is 14.1. The first-order valence-electron chi connectivity index (χ1n) is 14.9. The molecule has 0 aliphatic rings. The van der Waals surface area contributed by atoms with Gasteiger partial charge in [0, 0.05) is 17.9 Å². The molecular weight excluding hydrogens is 824 g/mol. The third-order valence-corrected chi connectivity index (χ3v) is 10.3. The van der Waals surface area contributed by atoms with Crippen LogP contribution in [-0.4, -0.2) is 0 Å². The standard InChI is InChI=1S/C42H26Br4/c43-33-19-11-29(12-20-33)39-37(27-7-3-1-4-8-27)38(28-9-5-2-6-10-28)40(30-13-21-34(44)22-14-30)42(32-17-25-36(46)26-18-32)41(39)31-15-23-35(45)24-16-31/h1-26H. The minimum Gasteiger partial charge on any atom is -0.0622 e. The average molecular weight is 850 g/mol. The molecule has 4 heteroatoms. The van der Waals surface area contributed by atoms with Crippen molar-refractivity contribution in [2.24, 2.45) is 0 Å². The normalized spacial score (nSPS) is 11.0. The summed E-state index contributed by atoms with van der Waals surface area (Å²) in [7, 11) is 0. The maximum absolute atomic E-state index is 3.70. The van der Waals surface area contributed by atoms with Crippen molar-refractivity contribution in [1.82, 2.24) is 0 Å². The Morgan fingerprint density at radius 3 is 0.565 bits per heavy atom. The summed E-state index contributed by atoms with van der Waals surface area (Å²) in [6.45, 7) is 0. The third-order valence-electron chi connectivity index (χ3n) is 8.16. The van der Waals surface area contributed by atoms with Gasteiger partial charge in [-0.3, -0.25) is 0 Å². The summed E-state index contributed by atoms with van der Waals surface area (Å²) in [5, 5.41) is 0. The van der Waals surface area contributed by atoms with Gasteiger partial charge >= 0.3 is 0 Å². The Labute approximate surface area is 303 Å². The van der Waals surface area contributed by atoms with Gasteiger partial charge in [0.05, 0.1) is 0 Å². The molecule has 0 saturated carbocycles. The number of benzene rings is 7. The van der Waals surface area contributed by atoms with Gasteiger partial charge in [0.15, 0.2) is 0 Å². The molecule has 0 unspecified atom stereocenters. The lowest BCUT2D eigenvalue weighted by Gasteiger charge is -2.29. The number of rotatable bonds is 6. The molecule has 0 aromatic heterocycles. The summed E-state index contributed by atoms with van der Waals surface area (Å²) in [5.74, 6) is 0. The van der Waals surface area contributed by atoms with E-state index >= 15 is 0 Å². The van der Waals surface area contributed by atoms with Crippen LogP contribution in [0.15, 0.2) is 176 Å². The van der Waals surface area contributed by atoms with Gasteiger partial charge in [-0.1, -0.05) is 173 Å². The Hall–Kier alpha value is -3.54. The van der Waals surface area contributed by atoms with Crippen LogP contribution in [0.3, 0.4) is 0 Å². The first kappa shape index (κ1) is 31.1. The van der Waals surface area contributed by atoms with Crippen LogP contribution >= 0.6 is 63.7 Å². The molecule has 7 aromatic carbocycles. The van der Waals surface area contributed by atoms with Crippen molar-refractivity contribution in [2.75, 3.05) is 0 Å². The fourth-order valence-electron chi connectivity index (χ4n) is 6.16. The molecule has 0 spiro atoms. The predicted molar refractivity (Wildman–Crippen MR) is 210 cm³/mol. The Morgan fingerprint density at radius 2 is 0.370 bits per heavy atom. The van der Waals surface area contributed by atoms with Crippen LogP contribution in [-0.2, 0) is 0 Å². The predicted octanol–water partition coefficient (Wildman–Crippen LogP) is 14.7. The highest BCUT2D eigenvalue weighted by molar-refractivity contribution is 9.11. The van der Waals surface area contributed by atoms with Crippen molar-refractivity contribution in [3.05, 3.63) is 176 Å². The summed E-state index contributed by atoms with van der Waals surface area (Å²) in [6.07, 6.45) is 0. The lowest BCUT2D eigenvalue weighted by atomic mass is 9.74. The quantitative estimate of drug-likeness (QED) is 0.156. The van der Waals surface area contributed by atoms with Gasteiger partial charge in [0.1, 0.15) is 0 Å². The van der Waals surface area contributed by atoms with E-state index in [1.807, 2.05) is 0 Å². The van der Waals surface area contributed by atoms with Gasteiger partial charge in [0.25, 0.3) is 0 Å². The minimum atomic E-state index is 1.05. The Kier molecular flexibility index (Phi) is 9.24. The van der Waals surface area contributed by atoms with Crippen molar-refractivity contribution in [3.8, 4) is 66.8 Å². The Morgan fingerprint density at radius 1 is 0.196 bits per heavy atom. The van der Waals surface area contributed by atoms with E-state index in [1.54, 1.807) is 0 Å². The van der Waals surface area contributed by atoms with Crippen molar-refractivity contribution in [2.45, 2.75) is 0 Å². The lowest BCUT2D eigenvalue weighted by Crippen LogP contribution is -2.02. The first-order chi connectivity index (χ1) is 22.5. The summed E-state index contributed by atoms with van der Waals surface area (Å²) in [4.78, 5) is 0. The van der Waals surface area contributed by atoms with Gasteiger partial charge in [-0.2, -0.15) is 0 Å². The summed E-state index contributed by atoms with van der Waals surface area (Å²) in [6, 6.07) is 56.6. The fraction of sp³-hybridized carbons (Fsp3) is 0. The molecule has 7 aromatic rings. The molecule has 0 aliphatic heterocycles. The molecule has 0 fully saturated rings. The van der Waals surface area contributed by atoms with E-state index in [-0.39, 0.29) is 0 Å². The van der Waals surface area contributed by atoms with Crippen molar-refractivity contribution >= 4 is 63.7 Å². The van der Waals surface area contributed by atoms with Crippen molar-refractivity contribution in [1.29, 1.82) is 0 Å². The molecule has 0 radical (unpaired) electrons. The minimum absolute atomic E-state index is 1.05. The third kappa shape index (κ3) is 6.24. The molecule has 0 aliphatic carbocycles. The molecule has 0 amide bonds. The molecule has 0 N–H and O–H groups in total. The zero-order chi connectivity index (χ0) is 31.6. The molecule has 0 atom stereocenters. The smallest absolute Gasteiger partial charge is 0.0175 e. The first-order valence-corrected chi connectivity index (χ1v) is 18.0. The zero-order valence-corrected chi connectivity index (χ0v) is 30.9. The van der Waals surface area contributed by atoms with E-state index < -0.39 is 0 Å². The van der Waals surface area contributed by atoms with Gasteiger partial charge in [-0.15, -0.1) is 0 Å². The highest BCUT2D eigenvalue weighted by atomic mass is 79.9. The van der Waals surface area contributed by atoms with Crippen LogP contribution in [0.4, 0.5) is 0 Å². The Bertz CT molecular complexity index is 1960. The molecule has 222 valence electrons. The van der Waals surface area contributed by atoms with E-state index in [0.717, 1.165) is 40.1 Å². The second-order valence-electron chi connectivity index (χ2n) is 11.0. The zero-order valence-electron chi connectivity index (χ0n) is 24.5. The molecule has 46 heavy (non-hydrogen) atoms. The van der Waals surface area contributed by atoms with Crippen LogP contribution in [0.1, 0.15) is 0 Å². The molecule has 7 rings (SSSR count). The fourth-order valence-corrected chi connectivity index (χ4v) is 7.22. The van der Waals surface area contributed by atoms with Gasteiger partial charge in [-0.05, 0) is 115 Å². The highest BCUT2D eigenvalue weighted by Crippen LogP contribution is 2.56. The summed E-state index contributed by atoms with van der Waals surface area (Å²) >= 11 is 14.8. The molecule has 0 saturated heterocycles. The maximum Gasteiger partial charge on any atom is 0.0175 e. The van der Waals surface area contributed by atoms with Crippen LogP contribution in [0.2, 0.25) is 0 Å². The second-order valence-corrected chi connectivity index (χ2v) is 14.7. The highest BCUT2D eigenvalue weighted by Gasteiger charge is 2.29. The van der Waals surface area contributed by atoms with Crippen molar-refractivity contribution < 1.29 is 0 Å². The molecule has 0 bridgehead atoms. The number of hydrogen-bond donors (Lipinski definition) is 0. The van der Waals surface area contributed by atoms with E-state index in [1.165, 1.54) is 44.5 Å². The summed E-state index contributed by atoms with van der Waals surface area (Å²) < 4.78 is 4.18. The van der Waals surface area contributed by atoms with E-state index in [9.17, 15) is 0 Å². The topological polar surface area (TPSA) is 0 Å². The monoisotopic (exact) mass is 846 g/mol. The van der Waals surface area contributed by atoms with Gasteiger partial charge < -0.3 is 0 Å². The number of hydrogen-bond acceptors (Lipinski definition) is 0. The second kappa shape index (κ2) is 13.7. The van der Waals surface area contributed by atoms with Crippen LogP contribution < -0.4 is 0 Å². The van der Waals surface area contributed by atoms with Gasteiger partial charge in [-0.25, -0.2) is 0 Å². The van der Waals surface area contributed by atoms with Crippen LogP contribution in [0.25, 0.3) is 66.8 Å². The van der Waals surface area contributed by atoms with E-state index in [0.29, 0.717) is 0 Å². The molecular formula is C42H26Br4. The van der Waals surface area contributed by atoms with E-state index in [4.69, 9.17) is 0 Å². The molecule has 0 heterocycles. The molecule has 0 nitrogen and oxygen atoms in total. The SMILES string of the molecule is Brc1ccc(-c2c(-c3ccccc3)c(-c3ccccc3)c(-c3ccc(Br)cc3)c(-c3ccc(Br)cc3)c2-c2ccc(Br)cc2)cc1. The van der Waals surface area contributed by atoms with Crippen LogP contribution in [0, 0.1) is 0 Å². The largest absolute Gasteiger partial charge is 0.0622 e. The van der Waals surface area contributed by atoms with Gasteiger partial charge in [0.2, 0.25) is 0 Å². The lowest BCUT2D eigenvalue weighted by molar-refractivity contribution is 1.50. The van der Waals surface area contributed by atoms with Crippen LogP contribution in [0.5, 0.6) is 0 Å².